The molecule has 0 bridgehead atoms. The number of carbonyl (C=O) groups is 1. The number of phenols is 1. The maximum Gasteiger partial charge on any atom is 0.215 e. The fourth-order valence-electron chi connectivity index (χ4n) is 2.97. The Kier molecular flexibility index (Phi) is 5.02. The third-order valence-electron chi connectivity index (χ3n) is 4.34. The van der Waals surface area contributed by atoms with E-state index in [1.165, 1.54) is 18.7 Å². The number of Topliss-reactive ketones (excluding diaryl/α,β-unsaturated/α-hetero) is 1. The summed E-state index contributed by atoms with van der Waals surface area (Å²) in [6.45, 7) is 9.06. The van der Waals surface area contributed by atoms with Crippen molar-refractivity contribution in [3.05, 3.63) is 66.0 Å². The molecule has 0 radical (unpaired) electrons. The van der Waals surface area contributed by atoms with Gasteiger partial charge in [0, 0.05) is 5.56 Å². The van der Waals surface area contributed by atoms with Crippen LogP contribution in [0.1, 0.15) is 6.92 Å². The van der Waals surface area contributed by atoms with Crippen molar-refractivity contribution in [3.8, 4) is 28.1 Å². The summed E-state index contributed by atoms with van der Waals surface area (Å²) >= 11 is 1.31. The number of aromatic nitrogens is 3. The molecule has 6 nitrogen and oxygen atoms in total. The molecule has 0 amide bonds. The molecule has 7 heteroatoms. The van der Waals surface area contributed by atoms with Gasteiger partial charge in [0.05, 0.1) is 23.5 Å². The van der Waals surface area contributed by atoms with Gasteiger partial charge in [-0.25, -0.2) is 14.8 Å². The van der Waals surface area contributed by atoms with Crippen LogP contribution in [0.2, 0.25) is 0 Å². The number of nitrogens with zero attached hydrogens (tertiary/aromatic N) is 3. The summed E-state index contributed by atoms with van der Waals surface area (Å²) < 4.78 is 0. The first-order chi connectivity index (χ1) is 14.0. The Hall–Kier alpha value is -3.63. The van der Waals surface area contributed by atoms with Gasteiger partial charge in [0.25, 0.3) is 0 Å². The fourth-order valence-corrected chi connectivity index (χ4v) is 3.64. The molecular formula is C22H16N4O2S. The van der Waals surface area contributed by atoms with Gasteiger partial charge < -0.3 is 10.1 Å². The first kappa shape index (κ1) is 18.7. The van der Waals surface area contributed by atoms with Gasteiger partial charge in [-0.05, 0) is 30.2 Å². The van der Waals surface area contributed by atoms with Crippen molar-refractivity contribution >= 4 is 34.4 Å². The van der Waals surface area contributed by atoms with Gasteiger partial charge in [0.2, 0.25) is 5.69 Å². The molecule has 142 valence electrons. The highest BCUT2D eigenvalue weighted by molar-refractivity contribution is 7.99. The van der Waals surface area contributed by atoms with Crippen molar-refractivity contribution in [1.29, 1.82) is 0 Å². The number of rotatable bonds is 5. The van der Waals surface area contributed by atoms with Gasteiger partial charge >= 0.3 is 0 Å². The van der Waals surface area contributed by atoms with E-state index < -0.39 is 0 Å². The van der Waals surface area contributed by atoms with Crippen molar-refractivity contribution in [2.45, 2.75) is 12.1 Å². The zero-order valence-corrected chi connectivity index (χ0v) is 16.3. The third kappa shape index (κ3) is 3.84. The van der Waals surface area contributed by atoms with Crippen LogP contribution in [0, 0.1) is 6.57 Å². The number of nitrogens with one attached hydrogen (secondary N) is 1. The van der Waals surface area contributed by atoms with E-state index in [-0.39, 0.29) is 11.5 Å². The van der Waals surface area contributed by atoms with Gasteiger partial charge in [-0.2, -0.15) is 0 Å². The molecule has 0 aliphatic carbocycles. The van der Waals surface area contributed by atoms with E-state index in [0.717, 1.165) is 16.7 Å². The number of ketones is 1. The molecule has 0 unspecified atom stereocenters. The van der Waals surface area contributed by atoms with Crippen LogP contribution < -0.4 is 0 Å². The van der Waals surface area contributed by atoms with Crippen LogP contribution in [0.15, 0.2) is 59.8 Å². The Labute approximate surface area is 171 Å². The zero-order valence-electron chi connectivity index (χ0n) is 15.5. The van der Waals surface area contributed by atoms with Crippen molar-refractivity contribution in [3.63, 3.8) is 0 Å². The molecule has 4 rings (SSSR count). The highest BCUT2D eigenvalue weighted by atomic mass is 32.2. The standard InChI is InChI=1S/C22H16N4O2S/c1-13(27)12-29-22-24-18-11-17(23-2)20(25-21(18)26-22)15-9-7-14(8-10-15)16-5-3-4-6-19(16)28/h3-11,28H,12H2,1H3,(H,24,25,26). The number of para-hydroxylation sites is 1. The number of hydrogen-bond acceptors (Lipinski definition) is 5. The third-order valence-corrected chi connectivity index (χ3v) is 5.35. The number of aromatic hydroxyl groups is 1. The number of hydrogen-bond donors (Lipinski definition) is 2. The van der Waals surface area contributed by atoms with E-state index in [1.54, 1.807) is 18.2 Å². The predicted octanol–water partition coefficient (Wildman–Crippen LogP) is 5.23. The molecule has 4 aromatic rings. The number of H-pyrrole nitrogens is 1. The molecule has 2 N–H and O–H groups in total. The average molecular weight is 400 g/mol. The molecule has 2 aromatic heterocycles. The lowest BCUT2D eigenvalue weighted by Gasteiger charge is -2.07. The Morgan fingerprint density at radius 3 is 2.55 bits per heavy atom. The fraction of sp³-hybridized carbons (Fsp3) is 0.0909. The quantitative estimate of drug-likeness (QED) is 0.354. The van der Waals surface area contributed by atoms with E-state index in [0.29, 0.717) is 33.5 Å². The van der Waals surface area contributed by atoms with Gasteiger partial charge in [0.15, 0.2) is 10.8 Å². The maximum absolute atomic E-state index is 11.2. The van der Waals surface area contributed by atoms with Crippen LogP contribution in [0.25, 0.3) is 38.4 Å². The van der Waals surface area contributed by atoms with Gasteiger partial charge in [-0.3, -0.25) is 4.79 Å². The topological polar surface area (TPSA) is 83.2 Å². The average Bonchev–Trinajstić information content (AvgIpc) is 3.13. The summed E-state index contributed by atoms with van der Waals surface area (Å²) in [5, 5.41) is 10.6. The number of imidazole rings is 1. The first-order valence-corrected chi connectivity index (χ1v) is 9.83. The van der Waals surface area contributed by atoms with Gasteiger partial charge in [-0.1, -0.05) is 54.2 Å². The van der Waals surface area contributed by atoms with Crippen molar-refractivity contribution in [2.24, 2.45) is 0 Å². The lowest BCUT2D eigenvalue weighted by molar-refractivity contribution is -0.114. The highest BCUT2D eigenvalue weighted by Crippen LogP contribution is 2.34. The van der Waals surface area contributed by atoms with Crippen molar-refractivity contribution in [1.82, 2.24) is 15.0 Å². The molecule has 0 aliphatic heterocycles. The molecule has 0 atom stereocenters. The summed E-state index contributed by atoms with van der Waals surface area (Å²) in [4.78, 5) is 26.9. The van der Waals surface area contributed by atoms with E-state index in [2.05, 4.69) is 19.8 Å². The van der Waals surface area contributed by atoms with Gasteiger partial charge in [0.1, 0.15) is 11.5 Å². The number of fused-ring (bicyclic) bond motifs is 1. The summed E-state index contributed by atoms with van der Waals surface area (Å²) in [6.07, 6.45) is 0. The van der Waals surface area contributed by atoms with Crippen LogP contribution in [0.5, 0.6) is 5.75 Å². The Bertz CT molecular complexity index is 1260. The minimum absolute atomic E-state index is 0.0653. The van der Waals surface area contributed by atoms with Crippen LogP contribution in [0.3, 0.4) is 0 Å². The van der Waals surface area contributed by atoms with Crippen molar-refractivity contribution < 1.29 is 9.90 Å². The van der Waals surface area contributed by atoms with Crippen LogP contribution >= 0.6 is 11.8 Å². The number of thioether (sulfide) groups is 1. The summed E-state index contributed by atoms with van der Waals surface area (Å²) in [5.41, 5.74) is 4.54. The van der Waals surface area contributed by atoms with E-state index in [4.69, 9.17) is 6.57 Å². The lowest BCUT2D eigenvalue weighted by Crippen LogP contribution is -1.93. The van der Waals surface area contributed by atoms with Crippen molar-refractivity contribution in [2.75, 3.05) is 5.75 Å². The highest BCUT2D eigenvalue weighted by Gasteiger charge is 2.14. The van der Waals surface area contributed by atoms with E-state index in [1.807, 2.05) is 36.4 Å². The second kappa shape index (κ2) is 7.78. The molecule has 2 heterocycles. The predicted molar refractivity (Wildman–Crippen MR) is 114 cm³/mol. The number of benzene rings is 2. The molecule has 0 aliphatic rings. The molecule has 0 saturated heterocycles. The Morgan fingerprint density at radius 2 is 1.86 bits per heavy atom. The lowest BCUT2D eigenvalue weighted by atomic mass is 10.0. The maximum atomic E-state index is 11.2. The van der Waals surface area contributed by atoms with E-state index >= 15 is 0 Å². The Morgan fingerprint density at radius 1 is 1.14 bits per heavy atom. The first-order valence-electron chi connectivity index (χ1n) is 8.84. The molecule has 29 heavy (non-hydrogen) atoms. The summed E-state index contributed by atoms with van der Waals surface area (Å²) in [6, 6.07) is 16.4. The second-order valence-electron chi connectivity index (χ2n) is 6.47. The number of aromatic amines is 1. The largest absolute Gasteiger partial charge is 0.507 e. The summed E-state index contributed by atoms with van der Waals surface area (Å²) in [5.74, 6) is 0.611. The summed E-state index contributed by atoms with van der Waals surface area (Å²) in [7, 11) is 0. The number of phenolic OH excluding ortho intramolecular Hbond substituents is 1. The molecular weight excluding hydrogens is 384 g/mol. The van der Waals surface area contributed by atoms with Crippen LogP contribution in [-0.2, 0) is 4.79 Å². The smallest absolute Gasteiger partial charge is 0.215 e. The van der Waals surface area contributed by atoms with Gasteiger partial charge in [-0.15, -0.1) is 0 Å². The zero-order chi connectivity index (χ0) is 20.4. The minimum atomic E-state index is 0.0653. The molecule has 0 spiro atoms. The second-order valence-corrected chi connectivity index (χ2v) is 7.43. The minimum Gasteiger partial charge on any atom is -0.507 e. The normalized spacial score (nSPS) is 10.8. The number of pyridine rings is 1. The van der Waals surface area contributed by atoms with Crippen LogP contribution in [-0.4, -0.2) is 31.6 Å². The molecule has 2 aromatic carbocycles. The Balaban J connectivity index is 1.72. The SMILES string of the molecule is [C-]#[N+]c1cc2[nH]c(SCC(C)=O)nc2nc1-c1ccc(-c2ccccc2O)cc1. The molecule has 0 saturated carbocycles. The van der Waals surface area contributed by atoms with E-state index in [9.17, 15) is 9.90 Å². The monoisotopic (exact) mass is 400 g/mol. The number of carbonyl (C=O) groups excluding carboxylic acids is 1. The molecule has 0 fully saturated rings. The van der Waals surface area contributed by atoms with Crippen LogP contribution in [0.4, 0.5) is 5.69 Å².